The first kappa shape index (κ1) is 12.8. The summed E-state index contributed by atoms with van der Waals surface area (Å²) in [6.07, 6.45) is 0. The summed E-state index contributed by atoms with van der Waals surface area (Å²) in [6.45, 7) is 7.82. The molecule has 0 aliphatic heterocycles. The molecular formula is C13H17IN2O. The number of aliphatic hydroxyl groups is 1. The molecule has 2 rings (SSSR count). The molecule has 0 saturated carbocycles. The topological polar surface area (TPSA) is 38.0 Å². The van der Waals surface area contributed by atoms with Gasteiger partial charge in [0.2, 0.25) is 0 Å². The highest BCUT2D eigenvalue weighted by atomic mass is 127. The summed E-state index contributed by atoms with van der Waals surface area (Å²) < 4.78 is 3.01. The Balaban J connectivity index is 2.71. The van der Waals surface area contributed by atoms with Crippen molar-refractivity contribution < 1.29 is 5.11 Å². The molecule has 0 fully saturated rings. The van der Waals surface area contributed by atoms with Crippen LogP contribution in [0.1, 0.15) is 39.3 Å². The molecule has 1 aromatic heterocycles. The van der Waals surface area contributed by atoms with Gasteiger partial charge in [0.05, 0.1) is 11.1 Å². The number of benzene rings is 1. The number of hydrogen-bond donors (Lipinski definition) is 1. The quantitative estimate of drug-likeness (QED) is 0.848. The minimum Gasteiger partial charge on any atom is -0.386 e. The highest BCUT2D eigenvalue weighted by Gasteiger charge is 2.18. The smallest absolute Gasteiger partial charge is 0.131 e. The molecule has 0 radical (unpaired) electrons. The molecule has 92 valence electrons. The monoisotopic (exact) mass is 344 g/mol. The van der Waals surface area contributed by atoms with Crippen molar-refractivity contribution in [2.75, 3.05) is 0 Å². The lowest BCUT2D eigenvalue weighted by atomic mass is 9.97. The maximum absolute atomic E-state index is 10.1. The van der Waals surface area contributed by atoms with Crippen LogP contribution in [-0.4, -0.2) is 14.9 Å². The van der Waals surface area contributed by atoms with Gasteiger partial charge in [-0.15, -0.1) is 0 Å². The van der Waals surface area contributed by atoms with E-state index in [-0.39, 0.29) is 0 Å². The zero-order valence-electron chi connectivity index (χ0n) is 10.5. The van der Waals surface area contributed by atoms with Crippen molar-refractivity contribution in [3.05, 3.63) is 27.5 Å². The maximum atomic E-state index is 10.1. The number of halogens is 1. The second-order valence-electron chi connectivity index (χ2n) is 5.12. The molecular weight excluding hydrogens is 327 g/mol. The van der Waals surface area contributed by atoms with E-state index >= 15 is 0 Å². The SMILES string of the molecule is CC(C)n1nc(I)c2ccc(C(C)(C)O)cc21. The second-order valence-corrected chi connectivity index (χ2v) is 6.14. The van der Waals surface area contributed by atoms with Gasteiger partial charge in [-0.2, -0.15) is 5.10 Å². The molecule has 0 bridgehead atoms. The number of hydrogen-bond acceptors (Lipinski definition) is 2. The van der Waals surface area contributed by atoms with E-state index in [4.69, 9.17) is 0 Å². The summed E-state index contributed by atoms with van der Waals surface area (Å²) in [5, 5.41) is 15.7. The van der Waals surface area contributed by atoms with Gasteiger partial charge >= 0.3 is 0 Å². The number of nitrogens with zero attached hydrogens (tertiary/aromatic N) is 2. The summed E-state index contributed by atoms with van der Waals surface area (Å²) >= 11 is 2.25. The third-order valence-corrected chi connectivity index (χ3v) is 3.65. The van der Waals surface area contributed by atoms with Crippen LogP contribution >= 0.6 is 22.6 Å². The fraction of sp³-hybridized carbons (Fsp3) is 0.462. The molecule has 0 aliphatic rings. The second kappa shape index (κ2) is 4.24. The van der Waals surface area contributed by atoms with Gasteiger partial charge in [0, 0.05) is 11.4 Å². The van der Waals surface area contributed by atoms with Crippen LogP contribution in [0.4, 0.5) is 0 Å². The summed E-state index contributed by atoms with van der Waals surface area (Å²) in [5.41, 5.74) is 1.19. The average molecular weight is 344 g/mol. The van der Waals surface area contributed by atoms with Crippen LogP contribution in [0.3, 0.4) is 0 Å². The summed E-state index contributed by atoms with van der Waals surface area (Å²) in [6, 6.07) is 6.36. The first-order valence-electron chi connectivity index (χ1n) is 5.71. The van der Waals surface area contributed by atoms with E-state index in [0.717, 1.165) is 20.2 Å². The minimum atomic E-state index is -0.814. The third kappa shape index (κ3) is 2.33. The predicted octanol–water partition coefficient (Wildman–Crippen LogP) is 3.45. The molecule has 1 aromatic carbocycles. The van der Waals surface area contributed by atoms with E-state index in [1.54, 1.807) is 13.8 Å². The molecule has 17 heavy (non-hydrogen) atoms. The van der Waals surface area contributed by atoms with Crippen molar-refractivity contribution >= 4 is 33.5 Å². The molecule has 1 heterocycles. The highest BCUT2D eigenvalue weighted by molar-refractivity contribution is 14.1. The third-order valence-electron chi connectivity index (χ3n) is 2.86. The normalized spacial score (nSPS) is 12.6. The van der Waals surface area contributed by atoms with Gasteiger partial charge in [0.15, 0.2) is 0 Å². The van der Waals surface area contributed by atoms with Crippen molar-refractivity contribution in [1.82, 2.24) is 9.78 Å². The van der Waals surface area contributed by atoms with Gasteiger partial charge < -0.3 is 5.11 Å². The fourth-order valence-corrected chi connectivity index (χ4v) is 2.56. The molecule has 0 unspecified atom stereocenters. The zero-order valence-corrected chi connectivity index (χ0v) is 12.7. The lowest BCUT2D eigenvalue weighted by molar-refractivity contribution is 0.0787. The Bertz CT molecular complexity index is 552. The predicted molar refractivity (Wildman–Crippen MR) is 78.1 cm³/mol. The Hall–Kier alpha value is -0.620. The van der Waals surface area contributed by atoms with Crippen LogP contribution in [0.2, 0.25) is 0 Å². The summed E-state index contributed by atoms with van der Waals surface area (Å²) in [5.74, 6) is 0. The van der Waals surface area contributed by atoms with E-state index in [1.165, 1.54) is 0 Å². The lowest BCUT2D eigenvalue weighted by Crippen LogP contribution is -2.15. The van der Waals surface area contributed by atoms with Crippen LogP contribution in [0, 0.1) is 3.70 Å². The lowest BCUT2D eigenvalue weighted by Gasteiger charge is -2.18. The van der Waals surface area contributed by atoms with Crippen molar-refractivity contribution in [3.63, 3.8) is 0 Å². The van der Waals surface area contributed by atoms with Gasteiger partial charge in [0.25, 0.3) is 0 Å². The first-order chi connectivity index (χ1) is 7.80. The Labute approximate surface area is 115 Å². The van der Waals surface area contributed by atoms with Crippen LogP contribution in [-0.2, 0) is 5.60 Å². The average Bonchev–Trinajstić information content (AvgIpc) is 2.54. The van der Waals surface area contributed by atoms with Gasteiger partial charge in [-0.1, -0.05) is 6.07 Å². The number of fused-ring (bicyclic) bond motifs is 1. The van der Waals surface area contributed by atoms with E-state index in [2.05, 4.69) is 41.5 Å². The molecule has 0 spiro atoms. The molecule has 3 nitrogen and oxygen atoms in total. The van der Waals surface area contributed by atoms with Crippen LogP contribution < -0.4 is 0 Å². The van der Waals surface area contributed by atoms with E-state index in [0.29, 0.717) is 6.04 Å². The van der Waals surface area contributed by atoms with Crippen LogP contribution in [0.15, 0.2) is 18.2 Å². The van der Waals surface area contributed by atoms with E-state index < -0.39 is 5.60 Å². The van der Waals surface area contributed by atoms with Crippen molar-refractivity contribution in [2.24, 2.45) is 0 Å². The van der Waals surface area contributed by atoms with Crippen LogP contribution in [0.25, 0.3) is 10.9 Å². The van der Waals surface area contributed by atoms with E-state index in [9.17, 15) is 5.11 Å². The Kier molecular flexibility index (Phi) is 3.20. The Morgan fingerprint density at radius 3 is 2.53 bits per heavy atom. The Morgan fingerprint density at radius 1 is 1.35 bits per heavy atom. The number of rotatable bonds is 2. The zero-order chi connectivity index (χ0) is 12.8. The Morgan fingerprint density at radius 2 is 2.00 bits per heavy atom. The van der Waals surface area contributed by atoms with Crippen molar-refractivity contribution in [2.45, 2.75) is 39.3 Å². The van der Waals surface area contributed by atoms with Gasteiger partial charge in [-0.3, -0.25) is 4.68 Å². The van der Waals surface area contributed by atoms with Gasteiger partial charge in [0.1, 0.15) is 3.70 Å². The summed E-state index contributed by atoms with van der Waals surface area (Å²) in [4.78, 5) is 0. The highest BCUT2D eigenvalue weighted by Crippen LogP contribution is 2.28. The molecule has 1 N–H and O–H groups in total. The van der Waals surface area contributed by atoms with E-state index in [1.807, 2.05) is 22.9 Å². The molecule has 0 aliphatic carbocycles. The fourth-order valence-electron chi connectivity index (χ4n) is 1.87. The number of aromatic nitrogens is 2. The molecule has 4 heteroatoms. The van der Waals surface area contributed by atoms with Crippen molar-refractivity contribution in [1.29, 1.82) is 0 Å². The molecule has 0 amide bonds. The maximum Gasteiger partial charge on any atom is 0.131 e. The molecule has 0 atom stereocenters. The van der Waals surface area contributed by atoms with Crippen LogP contribution in [0.5, 0.6) is 0 Å². The standard InChI is InChI=1S/C13H17IN2O/c1-8(2)16-11-7-9(13(3,4)17)5-6-10(11)12(14)15-16/h5-8,17H,1-4H3. The van der Waals surface area contributed by atoms with Gasteiger partial charge in [-0.25, -0.2) is 0 Å². The van der Waals surface area contributed by atoms with Gasteiger partial charge in [-0.05, 0) is 68.0 Å². The summed E-state index contributed by atoms with van der Waals surface area (Å²) in [7, 11) is 0. The largest absolute Gasteiger partial charge is 0.386 e. The minimum absolute atomic E-state index is 0.318. The molecule has 0 saturated heterocycles. The first-order valence-corrected chi connectivity index (χ1v) is 6.79. The van der Waals surface area contributed by atoms with Crippen molar-refractivity contribution in [3.8, 4) is 0 Å². The molecule has 2 aromatic rings.